The summed E-state index contributed by atoms with van der Waals surface area (Å²) in [4.78, 5) is 26.5. The van der Waals surface area contributed by atoms with Gasteiger partial charge in [-0.25, -0.2) is 4.98 Å². The number of hydrogen-bond donors (Lipinski definition) is 1. The van der Waals surface area contributed by atoms with Gasteiger partial charge in [-0.3, -0.25) is 14.9 Å². The molecule has 0 aliphatic carbocycles. The van der Waals surface area contributed by atoms with E-state index >= 15 is 0 Å². The number of anilines is 1. The number of pyridine rings is 1. The molecule has 1 amide bonds. The van der Waals surface area contributed by atoms with Crippen molar-refractivity contribution in [3.63, 3.8) is 0 Å². The van der Waals surface area contributed by atoms with Crippen molar-refractivity contribution in [3.8, 4) is 0 Å². The summed E-state index contributed by atoms with van der Waals surface area (Å²) in [7, 11) is 0. The van der Waals surface area contributed by atoms with Crippen molar-refractivity contribution >= 4 is 28.9 Å². The zero-order chi connectivity index (χ0) is 15.6. The van der Waals surface area contributed by atoms with Crippen LogP contribution >= 0.6 is 11.6 Å². The van der Waals surface area contributed by atoms with Crippen molar-refractivity contribution < 1.29 is 9.72 Å². The van der Waals surface area contributed by atoms with Crippen LogP contribution in [0.4, 0.5) is 11.4 Å². The predicted molar refractivity (Wildman–Crippen MR) is 79.8 cm³/mol. The third kappa shape index (κ3) is 3.35. The maximum absolute atomic E-state index is 12.2. The molecule has 6 nitrogen and oxygen atoms in total. The number of nitro benzene ring substituents is 1. The van der Waals surface area contributed by atoms with E-state index in [1.807, 2.05) is 0 Å². The van der Waals surface area contributed by atoms with Crippen LogP contribution in [0.15, 0.2) is 30.5 Å². The Morgan fingerprint density at radius 1 is 1.33 bits per heavy atom. The first-order chi connectivity index (χ1) is 9.88. The minimum absolute atomic E-state index is 0.00704. The number of halogens is 1. The Balaban J connectivity index is 2.34. The number of nitro groups is 1. The van der Waals surface area contributed by atoms with E-state index < -0.39 is 10.8 Å². The Bertz CT molecular complexity index is 731. The number of aryl methyl sites for hydroxylation is 2. The highest BCUT2D eigenvalue weighted by Crippen LogP contribution is 2.22. The van der Waals surface area contributed by atoms with Crippen molar-refractivity contribution in [1.29, 1.82) is 0 Å². The van der Waals surface area contributed by atoms with Gasteiger partial charge in [0.1, 0.15) is 10.7 Å². The van der Waals surface area contributed by atoms with E-state index in [4.69, 9.17) is 11.6 Å². The molecule has 0 atom stereocenters. The van der Waals surface area contributed by atoms with E-state index in [9.17, 15) is 14.9 Å². The first-order valence-corrected chi connectivity index (χ1v) is 6.45. The van der Waals surface area contributed by atoms with Crippen LogP contribution in [-0.2, 0) is 0 Å². The minimum Gasteiger partial charge on any atom is -0.320 e. The van der Waals surface area contributed by atoms with Crippen LogP contribution in [0.2, 0.25) is 5.15 Å². The average molecular weight is 306 g/mol. The maximum atomic E-state index is 12.2. The van der Waals surface area contributed by atoms with Gasteiger partial charge in [0.25, 0.3) is 11.6 Å². The Labute approximate surface area is 125 Å². The molecule has 21 heavy (non-hydrogen) atoms. The van der Waals surface area contributed by atoms with Gasteiger partial charge in [0.15, 0.2) is 0 Å². The topological polar surface area (TPSA) is 85.1 Å². The molecule has 2 aromatic rings. The first kappa shape index (κ1) is 14.9. The fourth-order valence-corrected chi connectivity index (χ4v) is 1.92. The van der Waals surface area contributed by atoms with Crippen LogP contribution in [0, 0.1) is 24.0 Å². The lowest BCUT2D eigenvalue weighted by Gasteiger charge is -2.07. The largest absolute Gasteiger partial charge is 0.320 e. The lowest BCUT2D eigenvalue weighted by Crippen LogP contribution is -2.14. The molecule has 0 saturated heterocycles. The van der Waals surface area contributed by atoms with Crippen molar-refractivity contribution in [3.05, 3.63) is 62.4 Å². The van der Waals surface area contributed by atoms with Crippen LogP contribution in [0.3, 0.4) is 0 Å². The van der Waals surface area contributed by atoms with Gasteiger partial charge in [0, 0.05) is 6.07 Å². The van der Waals surface area contributed by atoms with E-state index in [2.05, 4.69) is 10.3 Å². The van der Waals surface area contributed by atoms with E-state index in [0.29, 0.717) is 16.4 Å². The zero-order valence-electron chi connectivity index (χ0n) is 11.4. The Morgan fingerprint density at radius 2 is 2.05 bits per heavy atom. The molecule has 0 radical (unpaired) electrons. The van der Waals surface area contributed by atoms with E-state index in [-0.39, 0.29) is 11.3 Å². The second kappa shape index (κ2) is 5.88. The van der Waals surface area contributed by atoms with Gasteiger partial charge >= 0.3 is 0 Å². The van der Waals surface area contributed by atoms with Crippen molar-refractivity contribution in [1.82, 2.24) is 4.98 Å². The SMILES string of the molecule is Cc1ccc([N+](=O)[O-])c(C(=O)Nc2cnc(Cl)c(C)c2)c1. The molecule has 0 spiro atoms. The molecule has 108 valence electrons. The number of nitrogens with one attached hydrogen (secondary N) is 1. The van der Waals surface area contributed by atoms with Gasteiger partial charge in [-0.05, 0) is 37.1 Å². The number of rotatable bonds is 3. The second-order valence-corrected chi connectivity index (χ2v) is 4.92. The molecule has 0 aliphatic heterocycles. The molecule has 2 rings (SSSR count). The van der Waals surface area contributed by atoms with Crippen molar-refractivity contribution in [2.45, 2.75) is 13.8 Å². The third-order valence-corrected chi connectivity index (χ3v) is 3.26. The zero-order valence-corrected chi connectivity index (χ0v) is 12.1. The molecule has 0 aliphatic rings. The molecule has 1 heterocycles. The van der Waals surface area contributed by atoms with Gasteiger partial charge in [0.2, 0.25) is 0 Å². The summed E-state index contributed by atoms with van der Waals surface area (Å²) in [5.41, 5.74) is 1.66. The number of carbonyl (C=O) groups is 1. The van der Waals surface area contributed by atoms with Crippen LogP contribution in [-0.4, -0.2) is 15.8 Å². The standard InChI is InChI=1S/C14H12ClN3O3/c1-8-3-4-12(18(20)21)11(5-8)14(19)17-10-6-9(2)13(15)16-7-10/h3-7H,1-2H3,(H,17,19). The van der Waals surface area contributed by atoms with Crippen LogP contribution < -0.4 is 5.32 Å². The van der Waals surface area contributed by atoms with Gasteiger partial charge in [-0.15, -0.1) is 0 Å². The summed E-state index contributed by atoms with van der Waals surface area (Å²) in [6.07, 6.45) is 1.40. The van der Waals surface area contributed by atoms with Crippen LogP contribution in [0.1, 0.15) is 21.5 Å². The van der Waals surface area contributed by atoms with Gasteiger partial charge in [-0.2, -0.15) is 0 Å². The number of nitrogens with zero attached hydrogens (tertiary/aromatic N) is 2. The fraction of sp³-hybridized carbons (Fsp3) is 0.143. The molecule has 0 fully saturated rings. The summed E-state index contributed by atoms with van der Waals surface area (Å²) >= 11 is 5.81. The van der Waals surface area contributed by atoms with Crippen LogP contribution in [0.5, 0.6) is 0 Å². The van der Waals surface area contributed by atoms with E-state index in [0.717, 1.165) is 5.56 Å². The predicted octanol–water partition coefficient (Wildman–Crippen LogP) is 3.51. The maximum Gasteiger partial charge on any atom is 0.282 e. The lowest BCUT2D eigenvalue weighted by atomic mass is 10.1. The number of benzene rings is 1. The van der Waals surface area contributed by atoms with Gasteiger partial charge in [-0.1, -0.05) is 17.7 Å². The quantitative estimate of drug-likeness (QED) is 0.534. The van der Waals surface area contributed by atoms with Crippen molar-refractivity contribution in [2.75, 3.05) is 5.32 Å². The smallest absolute Gasteiger partial charge is 0.282 e. The van der Waals surface area contributed by atoms with E-state index in [1.165, 1.54) is 18.3 Å². The lowest BCUT2D eigenvalue weighted by molar-refractivity contribution is -0.385. The highest BCUT2D eigenvalue weighted by molar-refractivity contribution is 6.30. The molecule has 0 bridgehead atoms. The molecule has 1 aromatic heterocycles. The Morgan fingerprint density at radius 3 is 2.67 bits per heavy atom. The summed E-state index contributed by atoms with van der Waals surface area (Å²) in [5, 5.41) is 13.9. The molecular weight excluding hydrogens is 294 g/mol. The Kier molecular flexibility index (Phi) is 4.18. The number of amides is 1. The molecule has 7 heteroatoms. The second-order valence-electron chi connectivity index (χ2n) is 4.56. The fourth-order valence-electron chi connectivity index (χ4n) is 1.82. The van der Waals surface area contributed by atoms with Crippen LogP contribution in [0.25, 0.3) is 0 Å². The summed E-state index contributed by atoms with van der Waals surface area (Å²) in [6.45, 7) is 3.51. The van der Waals surface area contributed by atoms with Gasteiger partial charge < -0.3 is 5.32 Å². The molecule has 1 aromatic carbocycles. The average Bonchev–Trinajstić information content (AvgIpc) is 2.42. The van der Waals surface area contributed by atoms with Crippen molar-refractivity contribution in [2.24, 2.45) is 0 Å². The summed E-state index contributed by atoms with van der Waals surface area (Å²) in [6, 6.07) is 6.02. The van der Waals surface area contributed by atoms with E-state index in [1.54, 1.807) is 26.0 Å². The highest BCUT2D eigenvalue weighted by Gasteiger charge is 2.20. The minimum atomic E-state index is -0.584. The number of aromatic nitrogens is 1. The highest BCUT2D eigenvalue weighted by atomic mass is 35.5. The first-order valence-electron chi connectivity index (χ1n) is 6.07. The Hall–Kier alpha value is -2.47. The number of carbonyl (C=O) groups excluding carboxylic acids is 1. The molecule has 0 unspecified atom stereocenters. The summed E-state index contributed by atoms with van der Waals surface area (Å²) in [5.74, 6) is -0.561. The molecule has 0 saturated carbocycles. The molecular formula is C14H12ClN3O3. The monoisotopic (exact) mass is 305 g/mol. The third-order valence-electron chi connectivity index (χ3n) is 2.87. The molecule has 1 N–H and O–H groups in total. The van der Waals surface area contributed by atoms with Gasteiger partial charge in [0.05, 0.1) is 16.8 Å². The summed E-state index contributed by atoms with van der Waals surface area (Å²) < 4.78 is 0. The number of hydrogen-bond acceptors (Lipinski definition) is 4. The normalized spacial score (nSPS) is 10.2.